The minimum atomic E-state index is -0.727. The van der Waals surface area contributed by atoms with Crippen molar-refractivity contribution in [2.24, 2.45) is 4.99 Å². The molecule has 1 unspecified atom stereocenters. The maximum atomic E-state index is 10.8. The highest BCUT2D eigenvalue weighted by atomic mass is 16.5. The molecule has 0 saturated carbocycles. The highest BCUT2D eigenvalue weighted by molar-refractivity contribution is 5.73. The van der Waals surface area contributed by atoms with Crippen molar-refractivity contribution in [1.82, 2.24) is 0 Å². The Bertz CT molecular complexity index is 220. The predicted molar refractivity (Wildman–Crippen MR) is 46.2 cm³/mol. The van der Waals surface area contributed by atoms with Crippen LogP contribution in [-0.2, 0) is 14.3 Å². The first-order valence-corrected chi connectivity index (χ1v) is 3.89. The summed E-state index contributed by atoms with van der Waals surface area (Å²) in [6.07, 6.45) is 0.466. The average Bonchev–Trinajstić information content (AvgIpc) is 2.12. The van der Waals surface area contributed by atoms with Gasteiger partial charge < -0.3 is 9.47 Å². The summed E-state index contributed by atoms with van der Waals surface area (Å²) in [4.78, 5) is 14.5. The molecule has 72 valence electrons. The van der Waals surface area contributed by atoms with Crippen LogP contribution in [0.5, 0.6) is 0 Å². The average molecular weight is 184 g/mol. The summed E-state index contributed by atoms with van der Waals surface area (Å²) in [5.41, 5.74) is 0. The number of hydrogen-bond acceptors (Lipinski definition) is 5. The van der Waals surface area contributed by atoms with Crippen LogP contribution in [0.2, 0.25) is 0 Å². The lowest BCUT2D eigenvalue weighted by molar-refractivity contribution is -0.144. The molecule has 0 bridgehead atoms. The standard InChI is InChI=1S/C8H12N2O3/c1-3-12-6-10-5-8(11)13-7(2)4-9/h6-7H,3,5H2,1-2H3. The maximum absolute atomic E-state index is 10.8. The number of hydrogen-bond donors (Lipinski definition) is 0. The molecule has 5 nitrogen and oxygen atoms in total. The fourth-order valence-corrected chi connectivity index (χ4v) is 0.500. The molecule has 0 rings (SSSR count). The van der Waals surface area contributed by atoms with Gasteiger partial charge in [-0.3, -0.25) is 4.79 Å². The second kappa shape index (κ2) is 7.10. The Morgan fingerprint density at radius 1 is 1.77 bits per heavy atom. The molecule has 0 amide bonds. The Hall–Kier alpha value is -1.57. The Labute approximate surface area is 77.0 Å². The second-order valence-corrected chi connectivity index (χ2v) is 2.16. The molecular formula is C8H12N2O3. The molecule has 0 spiro atoms. The Balaban J connectivity index is 3.58. The minimum absolute atomic E-state index is 0.119. The van der Waals surface area contributed by atoms with E-state index in [0.717, 1.165) is 0 Å². The molecule has 13 heavy (non-hydrogen) atoms. The number of aliphatic imine (C=N–C) groups is 1. The normalized spacial score (nSPS) is 12.1. The van der Waals surface area contributed by atoms with Gasteiger partial charge in [-0.05, 0) is 13.8 Å². The lowest BCUT2D eigenvalue weighted by Crippen LogP contribution is -2.15. The van der Waals surface area contributed by atoms with Crippen LogP contribution >= 0.6 is 0 Å². The molecule has 0 radical (unpaired) electrons. The van der Waals surface area contributed by atoms with E-state index in [2.05, 4.69) is 9.73 Å². The molecule has 0 aromatic rings. The van der Waals surface area contributed by atoms with Gasteiger partial charge in [-0.2, -0.15) is 5.26 Å². The predicted octanol–water partition coefficient (Wildman–Crippen LogP) is 0.506. The summed E-state index contributed by atoms with van der Waals surface area (Å²) < 4.78 is 9.36. The van der Waals surface area contributed by atoms with E-state index in [1.165, 1.54) is 13.3 Å². The Morgan fingerprint density at radius 3 is 3.00 bits per heavy atom. The molecule has 0 aliphatic heterocycles. The van der Waals surface area contributed by atoms with Crippen molar-refractivity contribution in [3.8, 4) is 6.07 Å². The van der Waals surface area contributed by atoms with Gasteiger partial charge in [0.1, 0.15) is 12.6 Å². The van der Waals surface area contributed by atoms with Crippen molar-refractivity contribution in [3.63, 3.8) is 0 Å². The highest BCUT2D eigenvalue weighted by Gasteiger charge is 2.05. The number of ether oxygens (including phenoxy) is 2. The molecule has 0 aliphatic rings. The summed E-state index contributed by atoms with van der Waals surface area (Å²) in [5, 5.41) is 8.30. The van der Waals surface area contributed by atoms with E-state index >= 15 is 0 Å². The molecule has 0 aromatic carbocycles. The third kappa shape index (κ3) is 6.81. The van der Waals surface area contributed by atoms with Crippen molar-refractivity contribution in [2.45, 2.75) is 20.0 Å². The zero-order valence-corrected chi connectivity index (χ0v) is 7.69. The van der Waals surface area contributed by atoms with Crippen LogP contribution in [0.25, 0.3) is 0 Å². The van der Waals surface area contributed by atoms with Crippen molar-refractivity contribution >= 4 is 12.4 Å². The summed E-state index contributed by atoms with van der Waals surface area (Å²) in [6.45, 7) is 3.69. The van der Waals surface area contributed by atoms with Crippen LogP contribution in [0.3, 0.4) is 0 Å². The Kier molecular flexibility index (Phi) is 6.24. The van der Waals surface area contributed by atoms with E-state index < -0.39 is 12.1 Å². The zero-order chi connectivity index (χ0) is 10.1. The molecule has 0 N–H and O–H groups in total. The largest absolute Gasteiger partial charge is 0.484 e. The van der Waals surface area contributed by atoms with Crippen LogP contribution < -0.4 is 0 Å². The number of nitrogens with zero attached hydrogens (tertiary/aromatic N) is 2. The van der Waals surface area contributed by atoms with E-state index in [1.54, 1.807) is 6.07 Å². The van der Waals surface area contributed by atoms with Gasteiger partial charge in [-0.15, -0.1) is 0 Å². The van der Waals surface area contributed by atoms with Crippen molar-refractivity contribution in [1.29, 1.82) is 5.26 Å². The summed E-state index contributed by atoms with van der Waals surface area (Å²) in [7, 11) is 0. The minimum Gasteiger partial charge on any atom is -0.484 e. The van der Waals surface area contributed by atoms with Gasteiger partial charge in [0.15, 0.2) is 12.5 Å². The third-order valence-corrected chi connectivity index (χ3v) is 1.03. The number of rotatable bonds is 5. The van der Waals surface area contributed by atoms with Crippen molar-refractivity contribution in [2.75, 3.05) is 13.2 Å². The van der Waals surface area contributed by atoms with Gasteiger partial charge in [0.2, 0.25) is 0 Å². The van der Waals surface area contributed by atoms with Crippen molar-refractivity contribution < 1.29 is 14.3 Å². The second-order valence-electron chi connectivity index (χ2n) is 2.16. The van der Waals surface area contributed by atoms with Gasteiger partial charge in [0, 0.05) is 0 Å². The summed E-state index contributed by atoms with van der Waals surface area (Å²) in [6, 6.07) is 1.77. The fourth-order valence-electron chi connectivity index (χ4n) is 0.500. The quantitative estimate of drug-likeness (QED) is 0.354. The lowest BCUT2D eigenvalue weighted by atomic mass is 10.4. The summed E-state index contributed by atoms with van der Waals surface area (Å²) >= 11 is 0. The third-order valence-electron chi connectivity index (χ3n) is 1.03. The topological polar surface area (TPSA) is 71.7 Å². The molecule has 5 heteroatoms. The monoisotopic (exact) mass is 184 g/mol. The summed E-state index contributed by atoms with van der Waals surface area (Å²) in [5.74, 6) is -0.537. The van der Waals surface area contributed by atoms with E-state index in [0.29, 0.717) is 6.61 Å². The van der Waals surface area contributed by atoms with Crippen LogP contribution in [0, 0.1) is 11.3 Å². The number of carbonyl (C=O) groups excluding carboxylic acids is 1. The lowest BCUT2D eigenvalue weighted by Gasteiger charge is -2.02. The number of carbonyl (C=O) groups is 1. The molecule has 0 aliphatic carbocycles. The van der Waals surface area contributed by atoms with Gasteiger partial charge in [-0.25, -0.2) is 4.99 Å². The Morgan fingerprint density at radius 2 is 2.46 bits per heavy atom. The molecule has 0 fully saturated rings. The van der Waals surface area contributed by atoms with Gasteiger partial charge in [0.25, 0.3) is 0 Å². The highest BCUT2D eigenvalue weighted by Crippen LogP contribution is 1.89. The van der Waals surface area contributed by atoms with E-state index in [9.17, 15) is 4.79 Å². The van der Waals surface area contributed by atoms with Crippen LogP contribution in [0.15, 0.2) is 4.99 Å². The smallest absolute Gasteiger partial charge is 0.329 e. The number of esters is 1. The van der Waals surface area contributed by atoms with Gasteiger partial charge in [-0.1, -0.05) is 0 Å². The molecule has 1 atom stereocenters. The first kappa shape index (κ1) is 11.4. The molecule has 0 heterocycles. The first-order chi connectivity index (χ1) is 6.20. The van der Waals surface area contributed by atoms with Crippen LogP contribution in [0.1, 0.15) is 13.8 Å². The zero-order valence-electron chi connectivity index (χ0n) is 7.69. The van der Waals surface area contributed by atoms with Crippen molar-refractivity contribution in [3.05, 3.63) is 0 Å². The van der Waals surface area contributed by atoms with Gasteiger partial charge >= 0.3 is 5.97 Å². The van der Waals surface area contributed by atoms with Gasteiger partial charge in [0.05, 0.1) is 6.61 Å². The molecule has 0 saturated heterocycles. The maximum Gasteiger partial charge on any atom is 0.329 e. The molecule has 0 aromatic heterocycles. The number of nitriles is 1. The van der Waals surface area contributed by atoms with E-state index in [4.69, 9.17) is 10.00 Å². The van der Waals surface area contributed by atoms with E-state index in [1.807, 2.05) is 6.92 Å². The molecular weight excluding hydrogens is 172 g/mol. The first-order valence-electron chi connectivity index (χ1n) is 3.89. The van der Waals surface area contributed by atoms with Crippen LogP contribution in [-0.4, -0.2) is 31.6 Å². The SMILES string of the molecule is CCOC=NCC(=O)OC(C)C#N. The van der Waals surface area contributed by atoms with Crippen LogP contribution in [0.4, 0.5) is 0 Å². The van der Waals surface area contributed by atoms with E-state index in [-0.39, 0.29) is 6.54 Å². The fraction of sp³-hybridized carbons (Fsp3) is 0.625.